The summed E-state index contributed by atoms with van der Waals surface area (Å²) >= 11 is 5.89. The monoisotopic (exact) mass is 635 g/mol. The van der Waals surface area contributed by atoms with Crippen LogP contribution in [0.5, 0.6) is 5.75 Å². The van der Waals surface area contributed by atoms with Crippen molar-refractivity contribution in [3.63, 3.8) is 0 Å². The van der Waals surface area contributed by atoms with Crippen molar-refractivity contribution in [3.05, 3.63) is 47.0 Å². The topological polar surface area (TPSA) is 143 Å². The van der Waals surface area contributed by atoms with Crippen molar-refractivity contribution in [2.45, 2.75) is 56.5 Å². The van der Waals surface area contributed by atoms with Gasteiger partial charge < -0.3 is 34.9 Å². The van der Waals surface area contributed by atoms with E-state index in [1.807, 2.05) is 9.80 Å². The summed E-state index contributed by atoms with van der Waals surface area (Å²) < 4.78 is 21.1. The Morgan fingerprint density at radius 2 is 1.82 bits per heavy atom. The number of rotatable bonds is 14. The van der Waals surface area contributed by atoms with Gasteiger partial charge in [-0.2, -0.15) is 0 Å². The summed E-state index contributed by atoms with van der Waals surface area (Å²) in [5.41, 5.74) is 0.259. The summed E-state index contributed by atoms with van der Waals surface area (Å²) in [6.07, 6.45) is 4.86. The van der Waals surface area contributed by atoms with E-state index in [4.69, 9.17) is 21.4 Å². The van der Waals surface area contributed by atoms with Crippen molar-refractivity contribution in [2.24, 2.45) is 11.3 Å². The van der Waals surface area contributed by atoms with Crippen molar-refractivity contribution in [1.82, 2.24) is 19.8 Å². The molecule has 3 fully saturated rings. The molecule has 0 saturated carbocycles. The Labute approximate surface area is 262 Å². The standard InChI is InChI=1S/C31H43ClFN5O6/c32-22-13-34-30(35-14-22)37-8-5-21(6-9-37)2-1-11-44-23-3-4-24(25(33)12-23)26(16-39)38-10-7-31(20-38)18-36(19-31)15-27(41)29(43)28(42)17-40/h3-4,12-14,16,21,26-29,40-43H,1-2,5-11,15,17-20H2/t26?,27-,28+,29-/m0/s1. The van der Waals surface area contributed by atoms with Crippen molar-refractivity contribution in [1.29, 1.82) is 0 Å². The number of ether oxygens (including phenoxy) is 1. The first-order valence-electron chi connectivity index (χ1n) is 15.4. The van der Waals surface area contributed by atoms with Gasteiger partial charge in [-0.1, -0.05) is 17.7 Å². The fourth-order valence-corrected chi connectivity index (χ4v) is 6.98. The van der Waals surface area contributed by atoms with Gasteiger partial charge in [0.25, 0.3) is 0 Å². The lowest BCUT2D eigenvalue weighted by atomic mass is 9.78. The summed E-state index contributed by atoms with van der Waals surface area (Å²) in [4.78, 5) is 26.9. The molecule has 13 heteroatoms. The van der Waals surface area contributed by atoms with Gasteiger partial charge >= 0.3 is 0 Å². The van der Waals surface area contributed by atoms with Gasteiger partial charge in [-0.05, 0) is 50.6 Å². The van der Waals surface area contributed by atoms with Gasteiger partial charge in [-0.3, -0.25) is 9.80 Å². The number of likely N-dealkylation sites (tertiary alicyclic amines) is 2. The predicted molar refractivity (Wildman–Crippen MR) is 162 cm³/mol. The lowest BCUT2D eigenvalue weighted by molar-refractivity contribution is -0.113. The van der Waals surface area contributed by atoms with Crippen molar-refractivity contribution in [2.75, 3.05) is 63.9 Å². The Balaban J connectivity index is 1.04. The van der Waals surface area contributed by atoms with Gasteiger partial charge in [-0.25, -0.2) is 14.4 Å². The number of β-amino-alcohol motifs (C(OH)–C–C–N with tert-alkyl or cyclic N) is 1. The van der Waals surface area contributed by atoms with Crippen LogP contribution in [0.25, 0.3) is 0 Å². The molecule has 3 saturated heterocycles. The Hall–Kier alpha value is -2.45. The fraction of sp³-hybridized carbons (Fsp3) is 0.645. The number of anilines is 1. The molecule has 0 aliphatic carbocycles. The summed E-state index contributed by atoms with van der Waals surface area (Å²) in [5, 5.41) is 39.1. The number of nitrogens with zero attached hydrogens (tertiary/aromatic N) is 5. The maximum absolute atomic E-state index is 15.2. The van der Waals surface area contributed by atoms with E-state index >= 15 is 4.39 Å². The van der Waals surface area contributed by atoms with E-state index in [1.54, 1.807) is 24.5 Å². The van der Waals surface area contributed by atoms with E-state index in [9.17, 15) is 20.1 Å². The Morgan fingerprint density at radius 3 is 2.48 bits per heavy atom. The van der Waals surface area contributed by atoms with Crippen LogP contribution >= 0.6 is 11.6 Å². The van der Waals surface area contributed by atoms with Crippen LogP contribution in [0.4, 0.5) is 10.3 Å². The normalized spacial score (nSPS) is 22.0. The van der Waals surface area contributed by atoms with Gasteiger partial charge in [0.1, 0.15) is 30.1 Å². The molecule has 0 bridgehead atoms. The highest BCUT2D eigenvalue weighted by Crippen LogP contribution is 2.42. The maximum Gasteiger partial charge on any atom is 0.225 e. The third kappa shape index (κ3) is 7.85. The first-order chi connectivity index (χ1) is 21.2. The molecule has 3 aliphatic rings. The first-order valence-corrected chi connectivity index (χ1v) is 15.8. The molecular formula is C31H43ClFN5O6. The average Bonchev–Trinajstić information content (AvgIpc) is 3.45. The average molecular weight is 636 g/mol. The Bertz CT molecular complexity index is 1230. The Morgan fingerprint density at radius 1 is 1.09 bits per heavy atom. The second-order valence-electron chi connectivity index (χ2n) is 12.6. The maximum atomic E-state index is 15.2. The number of aliphatic hydroxyl groups is 4. The zero-order valence-electron chi connectivity index (χ0n) is 24.8. The molecular weight excluding hydrogens is 593 g/mol. The van der Waals surface area contributed by atoms with Crippen LogP contribution in [0.2, 0.25) is 5.02 Å². The zero-order valence-corrected chi connectivity index (χ0v) is 25.6. The highest BCUT2D eigenvalue weighted by atomic mass is 35.5. The van der Waals surface area contributed by atoms with Crippen molar-refractivity contribution in [3.8, 4) is 5.75 Å². The number of aliphatic hydroxyl groups excluding tert-OH is 4. The lowest BCUT2D eigenvalue weighted by Gasteiger charge is -2.49. The van der Waals surface area contributed by atoms with E-state index in [1.165, 1.54) is 6.07 Å². The highest BCUT2D eigenvalue weighted by molar-refractivity contribution is 6.30. The highest BCUT2D eigenvalue weighted by Gasteiger charge is 2.49. The lowest BCUT2D eigenvalue weighted by Crippen LogP contribution is -2.60. The second-order valence-corrected chi connectivity index (χ2v) is 13.0. The molecule has 4 N–H and O–H groups in total. The van der Waals surface area contributed by atoms with Gasteiger partial charge in [0.05, 0.1) is 42.8 Å². The van der Waals surface area contributed by atoms with Gasteiger partial charge in [0, 0.05) is 56.3 Å². The molecule has 1 unspecified atom stereocenters. The minimum atomic E-state index is -1.42. The number of carbonyl (C=O) groups excluding carboxylic acids is 1. The smallest absolute Gasteiger partial charge is 0.225 e. The molecule has 4 atom stereocenters. The van der Waals surface area contributed by atoms with Crippen LogP contribution in [0, 0.1) is 17.2 Å². The number of hydrogen-bond donors (Lipinski definition) is 4. The van der Waals surface area contributed by atoms with Crippen molar-refractivity contribution >= 4 is 23.8 Å². The minimum Gasteiger partial charge on any atom is -0.493 e. The fourth-order valence-electron chi connectivity index (χ4n) is 6.88. The van der Waals surface area contributed by atoms with E-state index in [-0.39, 0.29) is 12.0 Å². The molecule has 242 valence electrons. The SMILES string of the molecule is O=CC(c1ccc(OCCCC2CCN(c3ncc(Cl)cn3)CC2)cc1F)N1CCC2(CN(C[C@H](O)[C@H](O)[C@H](O)CO)C2)C1. The number of hydrogen-bond acceptors (Lipinski definition) is 11. The molecule has 1 aromatic heterocycles. The third-order valence-electron chi connectivity index (χ3n) is 9.35. The third-order valence-corrected chi connectivity index (χ3v) is 9.54. The molecule has 11 nitrogen and oxygen atoms in total. The van der Waals surface area contributed by atoms with Crippen LogP contribution in [0.15, 0.2) is 30.6 Å². The van der Waals surface area contributed by atoms with Gasteiger partial charge in [0.2, 0.25) is 5.95 Å². The van der Waals surface area contributed by atoms with Crippen LogP contribution in [-0.4, -0.2) is 124 Å². The number of piperidine rings is 1. The van der Waals surface area contributed by atoms with Crippen LogP contribution < -0.4 is 9.64 Å². The van der Waals surface area contributed by atoms with Crippen molar-refractivity contribution < 1.29 is 34.3 Å². The molecule has 3 aliphatic heterocycles. The molecule has 4 heterocycles. The Kier molecular flexibility index (Phi) is 11.0. The molecule has 0 radical (unpaired) electrons. The molecule has 5 rings (SSSR count). The molecule has 1 spiro atoms. The minimum absolute atomic E-state index is 0.0682. The summed E-state index contributed by atoms with van der Waals surface area (Å²) in [7, 11) is 0. The van der Waals surface area contributed by atoms with Crippen LogP contribution in [0.3, 0.4) is 0 Å². The summed E-state index contributed by atoms with van der Waals surface area (Å²) in [6.45, 7) is 4.44. The molecule has 1 aromatic carbocycles. The first kappa shape index (κ1) is 32.9. The molecule has 2 aromatic rings. The summed E-state index contributed by atoms with van der Waals surface area (Å²) in [6, 6.07) is 4.03. The largest absolute Gasteiger partial charge is 0.493 e. The van der Waals surface area contributed by atoms with E-state index < -0.39 is 36.8 Å². The number of carbonyl (C=O) groups is 1. The predicted octanol–water partition coefficient (Wildman–Crippen LogP) is 1.67. The number of benzene rings is 1. The number of halogens is 2. The van der Waals surface area contributed by atoms with Crippen LogP contribution in [0.1, 0.15) is 43.7 Å². The summed E-state index contributed by atoms with van der Waals surface area (Å²) in [5.74, 6) is 1.29. The van der Waals surface area contributed by atoms with Gasteiger partial charge in [-0.15, -0.1) is 0 Å². The second kappa shape index (κ2) is 14.8. The molecule has 0 amide bonds. The number of aromatic nitrogens is 2. The zero-order chi connectivity index (χ0) is 31.3. The van der Waals surface area contributed by atoms with Crippen LogP contribution in [-0.2, 0) is 4.79 Å². The van der Waals surface area contributed by atoms with E-state index in [0.29, 0.717) is 61.0 Å². The quantitative estimate of drug-likeness (QED) is 0.178. The van der Waals surface area contributed by atoms with Gasteiger partial charge in [0.15, 0.2) is 0 Å². The molecule has 44 heavy (non-hydrogen) atoms. The van der Waals surface area contributed by atoms with E-state index in [2.05, 4.69) is 14.9 Å². The number of aldehydes is 1. The van der Waals surface area contributed by atoms with E-state index in [0.717, 1.165) is 51.5 Å².